The van der Waals surface area contributed by atoms with Crippen LogP contribution in [0.3, 0.4) is 0 Å². The van der Waals surface area contributed by atoms with Crippen molar-refractivity contribution in [2.24, 2.45) is 0 Å². The Morgan fingerprint density at radius 3 is 2.94 bits per heavy atom. The van der Waals surface area contributed by atoms with Crippen molar-refractivity contribution < 1.29 is 0 Å². The molecule has 94 valence electrons. The van der Waals surface area contributed by atoms with Crippen molar-refractivity contribution in [1.29, 1.82) is 0 Å². The van der Waals surface area contributed by atoms with Gasteiger partial charge in [0.15, 0.2) is 0 Å². The van der Waals surface area contributed by atoms with Gasteiger partial charge in [-0.15, -0.1) is 0 Å². The zero-order valence-corrected chi connectivity index (χ0v) is 12.3. The maximum absolute atomic E-state index is 6.07. The molecule has 1 fully saturated rings. The first-order chi connectivity index (χ1) is 8.63. The van der Waals surface area contributed by atoms with E-state index in [1.54, 1.807) is 0 Å². The number of nitrogens with zero attached hydrogens (tertiary/aromatic N) is 2. The smallest absolute Gasteiger partial charge is 0.207 e. The Bertz CT molecular complexity index is 590. The van der Waals surface area contributed by atoms with Gasteiger partial charge in [-0.3, -0.25) is 4.57 Å². The minimum Gasteiger partial charge on any atom is -0.353 e. The van der Waals surface area contributed by atoms with E-state index in [0.29, 0.717) is 6.04 Å². The molecule has 1 heterocycles. The molecule has 0 radical (unpaired) electrons. The third-order valence-corrected chi connectivity index (χ3v) is 3.81. The summed E-state index contributed by atoms with van der Waals surface area (Å²) in [7, 11) is 0. The Balaban J connectivity index is 2.06. The van der Waals surface area contributed by atoms with Crippen molar-refractivity contribution in [1.82, 2.24) is 9.55 Å². The lowest BCUT2D eigenvalue weighted by Crippen LogP contribution is -2.08. The monoisotopic (exact) mass is 325 g/mol. The molecule has 2 aromatic rings. The van der Waals surface area contributed by atoms with Gasteiger partial charge in [-0.2, -0.15) is 0 Å². The highest BCUT2D eigenvalue weighted by Gasteiger charge is 2.23. The first-order valence-electron chi connectivity index (χ1n) is 5.91. The summed E-state index contributed by atoms with van der Waals surface area (Å²) < 4.78 is 3.05. The number of halogens is 2. The van der Waals surface area contributed by atoms with E-state index in [-0.39, 0.29) is 0 Å². The van der Waals surface area contributed by atoms with Gasteiger partial charge in [0.1, 0.15) is 0 Å². The number of anilines is 1. The number of rotatable bonds is 3. The fraction of sp³-hybridized carbons (Fsp3) is 0.308. The van der Waals surface area contributed by atoms with Crippen LogP contribution < -0.4 is 5.32 Å². The van der Waals surface area contributed by atoms with Crippen LogP contribution in [0.5, 0.6) is 0 Å². The molecule has 3 rings (SSSR count). The first kappa shape index (κ1) is 12.1. The molecular weight excluding hydrogens is 314 g/mol. The quantitative estimate of drug-likeness (QED) is 0.917. The molecule has 5 heteroatoms. The zero-order valence-electron chi connectivity index (χ0n) is 9.95. The Kier molecular flexibility index (Phi) is 3.08. The number of imidazole rings is 1. The number of hydrogen-bond acceptors (Lipinski definition) is 2. The van der Waals surface area contributed by atoms with Crippen LogP contribution in [-0.4, -0.2) is 15.6 Å². The Labute approximate surface area is 119 Å². The average molecular weight is 327 g/mol. The Hall–Kier alpha value is -1.00. The molecule has 1 N–H and O–H groups in total. The summed E-state index contributed by atoms with van der Waals surface area (Å²) in [6, 6.07) is 6.33. The summed E-state index contributed by atoms with van der Waals surface area (Å²) in [4.78, 5) is 4.53. The molecule has 0 amide bonds. The van der Waals surface area contributed by atoms with Gasteiger partial charge in [-0.25, -0.2) is 4.98 Å². The first-order valence-corrected chi connectivity index (χ1v) is 7.08. The van der Waals surface area contributed by atoms with Gasteiger partial charge in [-0.05, 0) is 53.9 Å². The van der Waals surface area contributed by atoms with Crippen LogP contribution in [-0.2, 0) is 0 Å². The van der Waals surface area contributed by atoms with E-state index in [4.69, 9.17) is 11.6 Å². The van der Waals surface area contributed by atoms with Crippen molar-refractivity contribution in [3.63, 3.8) is 0 Å². The summed E-state index contributed by atoms with van der Waals surface area (Å²) in [5, 5.41) is 4.16. The summed E-state index contributed by atoms with van der Waals surface area (Å²) in [6.07, 6.45) is 4.46. The molecule has 3 nitrogen and oxygen atoms in total. The Morgan fingerprint density at radius 1 is 1.44 bits per heavy atom. The van der Waals surface area contributed by atoms with E-state index < -0.39 is 0 Å². The lowest BCUT2D eigenvalue weighted by atomic mass is 10.3. The van der Waals surface area contributed by atoms with Crippen LogP contribution in [0.25, 0.3) is 5.69 Å². The van der Waals surface area contributed by atoms with Crippen molar-refractivity contribution in [2.75, 3.05) is 5.32 Å². The second kappa shape index (κ2) is 4.59. The van der Waals surface area contributed by atoms with E-state index >= 15 is 0 Å². The number of aryl methyl sites for hydroxylation is 1. The number of aromatic nitrogens is 2. The van der Waals surface area contributed by atoms with Crippen molar-refractivity contribution in [3.8, 4) is 5.69 Å². The van der Waals surface area contributed by atoms with Crippen LogP contribution in [0.4, 0.5) is 5.95 Å². The SMILES string of the molecule is Cc1cn(-c2cc(Cl)ccc2Br)c(NC2CC2)n1. The molecular formula is C13H13BrClN3. The molecule has 0 bridgehead atoms. The number of benzene rings is 1. The minimum atomic E-state index is 0.573. The summed E-state index contributed by atoms with van der Waals surface area (Å²) in [5.41, 5.74) is 2.00. The molecule has 0 spiro atoms. The van der Waals surface area contributed by atoms with Gasteiger partial charge in [-0.1, -0.05) is 11.6 Å². The minimum absolute atomic E-state index is 0.573. The maximum Gasteiger partial charge on any atom is 0.207 e. The zero-order chi connectivity index (χ0) is 12.7. The van der Waals surface area contributed by atoms with Crippen LogP contribution in [0, 0.1) is 6.92 Å². The fourth-order valence-electron chi connectivity index (χ4n) is 1.86. The molecule has 0 atom stereocenters. The molecule has 0 aliphatic heterocycles. The van der Waals surface area contributed by atoms with Crippen molar-refractivity contribution in [3.05, 3.63) is 39.6 Å². The van der Waals surface area contributed by atoms with Gasteiger partial charge in [0.25, 0.3) is 0 Å². The molecule has 1 saturated carbocycles. The second-order valence-corrected chi connectivity index (χ2v) is 5.88. The Morgan fingerprint density at radius 2 is 2.22 bits per heavy atom. The molecule has 0 saturated heterocycles. The molecule has 1 aromatic carbocycles. The predicted octanol–water partition coefficient (Wildman–Crippen LogP) is 4.17. The predicted molar refractivity (Wildman–Crippen MR) is 77.7 cm³/mol. The van der Waals surface area contributed by atoms with Crippen LogP contribution >= 0.6 is 27.5 Å². The van der Waals surface area contributed by atoms with E-state index in [2.05, 4.69) is 26.2 Å². The lowest BCUT2D eigenvalue weighted by Gasteiger charge is -2.11. The normalized spacial score (nSPS) is 14.8. The third kappa shape index (κ3) is 2.40. The van der Waals surface area contributed by atoms with E-state index in [1.165, 1.54) is 12.8 Å². The molecule has 18 heavy (non-hydrogen) atoms. The lowest BCUT2D eigenvalue weighted by molar-refractivity contribution is 0.998. The van der Waals surface area contributed by atoms with Gasteiger partial charge in [0.2, 0.25) is 5.95 Å². The van der Waals surface area contributed by atoms with Gasteiger partial charge in [0.05, 0.1) is 11.4 Å². The van der Waals surface area contributed by atoms with Crippen LogP contribution in [0.1, 0.15) is 18.5 Å². The molecule has 1 aliphatic rings. The van der Waals surface area contributed by atoms with Gasteiger partial charge < -0.3 is 5.32 Å². The largest absolute Gasteiger partial charge is 0.353 e. The van der Waals surface area contributed by atoms with E-state index in [0.717, 1.165) is 26.8 Å². The topological polar surface area (TPSA) is 29.9 Å². The highest BCUT2D eigenvalue weighted by molar-refractivity contribution is 9.10. The summed E-state index contributed by atoms with van der Waals surface area (Å²) >= 11 is 9.63. The fourth-order valence-corrected chi connectivity index (χ4v) is 2.47. The van der Waals surface area contributed by atoms with Gasteiger partial charge in [0, 0.05) is 21.7 Å². The summed E-state index contributed by atoms with van der Waals surface area (Å²) in [5.74, 6) is 0.887. The van der Waals surface area contributed by atoms with Crippen molar-refractivity contribution >= 4 is 33.5 Å². The van der Waals surface area contributed by atoms with Crippen molar-refractivity contribution in [2.45, 2.75) is 25.8 Å². The standard InChI is InChI=1S/C13H13BrClN3/c1-8-7-18(13(16-8)17-10-3-4-10)12-6-9(15)2-5-11(12)14/h2,5-7,10H,3-4H2,1H3,(H,16,17). The second-order valence-electron chi connectivity index (χ2n) is 4.59. The van der Waals surface area contributed by atoms with Crippen LogP contribution in [0.15, 0.2) is 28.9 Å². The third-order valence-electron chi connectivity index (χ3n) is 2.90. The average Bonchev–Trinajstić information content (AvgIpc) is 3.05. The van der Waals surface area contributed by atoms with E-state index in [9.17, 15) is 0 Å². The highest BCUT2D eigenvalue weighted by atomic mass is 79.9. The maximum atomic E-state index is 6.07. The van der Waals surface area contributed by atoms with E-state index in [1.807, 2.05) is 35.9 Å². The van der Waals surface area contributed by atoms with Crippen LogP contribution in [0.2, 0.25) is 5.02 Å². The molecule has 1 aliphatic carbocycles. The summed E-state index contributed by atoms with van der Waals surface area (Å²) in [6.45, 7) is 1.99. The van der Waals surface area contributed by atoms with Gasteiger partial charge >= 0.3 is 0 Å². The highest BCUT2D eigenvalue weighted by Crippen LogP contribution is 2.30. The number of nitrogens with one attached hydrogen (secondary N) is 1. The molecule has 0 unspecified atom stereocenters. The number of hydrogen-bond donors (Lipinski definition) is 1. The molecule has 1 aromatic heterocycles.